The highest BCUT2D eigenvalue weighted by Crippen LogP contribution is 2.31. The van der Waals surface area contributed by atoms with Gasteiger partial charge in [0.2, 0.25) is 0 Å². The molecule has 0 bridgehead atoms. The fourth-order valence-electron chi connectivity index (χ4n) is 3.36. The molecule has 1 aromatic heterocycles. The first-order valence-corrected chi connectivity index (χ1v) is 10.3. The number of pyridine rings is 1. The predicted molar refractivity (Wildman–Crippen MR) is 126 cm³/mol. The van der Waals surface area contributed by atoms with E-state index in [1.807, 2.05) is 79.7 Å². The van der Waals surface area contributed by atoms with Gasteiger partial charge in [-0.1, -0.05) is 18.2 Å². The third-order valence-corrected chi connectivity index (χ3v) is 5.55. The molecule has 3 aromatic carbocycles. The molecule has 0 aliphatic carbocycles. The van der Waals surface area contributed by atoms with Crippen LogP contribution in [-0.4, -0.2) is 18.0 Å². The van der Waals surface area contributed by atoms with Gasteiger partial charge in [0.05, 0.1) is 23.9 Å². The third kappa shape index (κ3) is 3.96. The van der Waals surface area contributed by atoms with Crippen molar-refractivity contribution in [2.24, 2.45) is 0 Å². The number of halogens is 1. The number of benzene rings is 3. The molecule has 0 saturated heterocycles. The molecule has 4 aromatic rings. The van der Waals surface area contributed by atoms with Crippen molar-refractivity contribution in [3.63, 3.8) is 0 Å². The molecule has 0 fully saturated rings. The van der Waals surface area contributed by atoms with Crippen LogP contribution < -0.4 is 10.1 Å². The Hall–Kier alpha value is -2.93. The Morgan fingerprint density at radius 2 is 1.66 bits per heavy atom. The van der Waals surface area contributed by atoms with Gasteiger partial charge in [0.1, 0.15) is 5.75 Å². The van der Waals surface area contributed by atoms with Crippen molar-refractivity contribution in [1.29, 1.82) is 0 Å². The molecule has 0 unspecified atom stereocenters. The van der Waals surface area contributed by atoms with Crippen molar-refractivity contribution in [3.05, 3.63) is 87.5 Å². The number of fused-ring (bicyclic) bond motifs is 1. The van der Waals surface area contributed by atoms with Crippen molar-refractivity contribution in [1.82, 2.24) is 4.98 Å². The average Bonchev–Trinajstić information content (AvgIpc) is 2.75. The first-order chi connectivity index (χ1) is 14.1. The van der Waals surface area contributed by atoms with Gasteiger partial charge in [0, 0.05) is 20.2 Å². The summed E-state index contributed by atoms with van der Waals surface area (Å²) in [5.41, 5.74) is 4.77. The Balaban J connectivity index is 1.84. The van der Waals surface area contributed by atoms with Gasteiger partial charge in [-0.15, -0.1) is 0 Å². The van der Waals surface area contributed by atoms with Gasteiger partial charge in [-0.2, -0.15) is 0 Å². The Labute approximate surface area is 183 Å². The average molecular weight is 494 g/mol. The maximum Gasteiger partial charge on any atom is 0.256 e. The van der Waals surface area contributed by atoms with Gasteiger partial charge in [-0.25, -0.2) is 4.98 Å². The van der Waals surface area contributed by atoms with E-state index in [-0.39, 0.29) is 5.91 Å². The summed E-state index contributed by atoms with van der Waals surface area (Å²) < 4.78 is 6.38. The molecule has 1 heterocycles. The van der Waals surface area contributed by atoms with Crippen molar-refractivity contribution >= 4 is 45.1 Å². The number of hydrogen-bond donors (Lipinski definition) is 1. The molecular formula is C24H19IN2O2. The minimum atomic E-state index is -0.142. The molecule has 144 valence electrons. The summed E-state index contributed by atoms with van der Waals surface area (Å²) in [6.45, 7) is 1.95. The van der Waals surface area contributed by atoms with E-state index in [0.717, 1.165) is 42.7 Å². The lowest BCUT2D eigenvalue weighted by Gasteiger charge is -2.15. The molecule has 0 saturated carbocycles. The molecule has 1 amide bonds. The molecule has 29 heavy (non-hydrogen) atoms. The molecule has 4 nitrogen and oxygen atoms in total. The van der Waals surface area contributed by atoms with Crippen LogP contribution >= 0.6 is 22.6 Å². The van der Waals surface area contributed by atoms with Crippen LogP contribution in [0.2, 0.25) is 0 Å². The number of carbonyl (C=O) groups is 1. The van der Waals surface area contributed by atoms with Crippen molar-refractivity contribution in [2.45, 2.75) is 6.92 Å². The number of anilines is 1. The topological polar surface area (TPSA) is 51.2 Å². The van der Waals surface area contributed by atoms with Crippen LogP contribution in [0.15, 0.2) is 72.8 Å². The summed E-state index contributed by atoms with van der Waals surface area (Å²) in [7, 11) is 1.64. The number of amides is 1. The molecule has 0 radical (unpaired) electrons. The molecule has 5 heteroatoms. The first kappa shape index (κ1) is 19.4. The molecule has 4 rings (SSSR count). The molecule has 0 aliphatic heterocycles. The monoisotopic (exact) mass is 494 g/mol. The summed E-state index contributed by atoms with van der Waals surface area (Å²) in [6, 6.07) is 23.2. The quantitative estimate of drug-likeness (QED) is 0.350. The van der Waals surface area contributed by atoms with E-state index in [1.165, 1.54) is 0 Å². The van der Waals surface area contributed by atoms with Gasteiger partial charge in [0.25, 0.3) is 5.91 Å². The molecule has 0 aliphatic rings. The smallest absolute Gasteiger partial charge is 0.256 e. The van der Waals surface area contributed by atoms with E-state index in [4.69, 9.17) is 9.72 Å². The Kier molecular flexibility index (Phi) is 5.49. The lowest BCUT2D eigenvalue weighted by molar-refractivity contribution is 0.102. The second kappa shape index (κ2) is 8.21. The Morgan fingerprint density at radius 3 is 2.34 bits per heavy atom. The summed E-state index contributed by atoms with van der Waals surface area (Å²) in [5.74, 6) is 0.640. The van der Waals surface area contributed by atoms with Crippen LogP contribution in [0.4, 0.5) is 5.69 Å². The maximum atomic E-state index is 13.3. The number of hydrogen-bond acceptors (Lipinski definition) is 3. The van der Waals surface area contributed by atoms with Crippen LogP contribution in [-0.2, 0) is 0 Å². The number of carbonyl (C=O) groups excluding carboxylic acids is 1. The zero-order valence-corrected chi connectivity index (χ0v) is 18.2. The number of para-hydroxylation sites is 1. The lowest BCUT2D eigenvalue weighted by atomic mass is 9.97. The fourth-order valence-corrected chi connectivity index (χ4v) is 3.72. The zero-order chi connectivity index (χ0) is 20.4. The van der Waals surface area contributed by atoms with Gasteiger partial charge in [0.15, 0.2) is 0 Å². The standard InChI is InChI=1S/C24H19IN2O2/c1-15-22(24(28)26-18-11-9-17(25)10-12-18)20-5-3-4-6-21(20)27-23(15)16-7-13-19(29-2)14-8-16/h3-14H,1-2H3,(H,26,28). The minimum Gasteiger partial charge on any atom is -0.497 e. The van der Waals surface area contributed by atoms with E-state index >= 15 is 0 Å². The number of nitrogens with one attached hydrogen (secondary N) is 1. The van der Waals surface area contributed by atoms with Crippen LogP contribution in [0.1, 0.15) is 15.9 Å². The lowest BCUT2D eigenvalue weighted by Crippen LogP contribution is -2.15. The number of nitrogens with zero attached hydrogens (tertiary/aromatic N) is 1. The SMILES string of the molecule is COc1ccc(-c2nc3ccccc3c(C(=O)Nc3ccc(I)cc3)c2C)cc1. The van der Waals surface area contributed by atoms with E-state index in [1.54, 1.807) is 7.11 Å². The second-order valence-corrected chi connectivity index (χ2v) is 7.91. The van der Waals surface area contributed by atoms with Gasteiger partial charge < -0.3 is 10.1 Å². The highest BCUT2D eigenvalue weighted by Gasteiger charge is 2.19. The molecule has 0 spiro atoms. The fraction of sp³-hybridized carbons (Fsp3) is 0.0833. The third-order valence-electron chi connectivity index (χ3n) is 4.83. The zero-order valence-electron chi connectivity index (χ0n) is 16.1. The number of ether oxygens (including phenoxy) is 1. The van der Waals surface area contributed by atoms with E-state index in [9.17, 15) is 4.79 Å². The molecular weight excluding hydrogens is 475 g/mol. The normalized spacial score (nSPS) is 10.7. The summed E-state index contributed by atoms with van der Waals surface area (Å²) in [4.78, 5) is 18.1. The van der Waals surface area contributed by atoms with Crippen LogP contribution in [0.3, 0.4) is 0 Å². The molecule has 1 N–H and O–H groups in total. The Morgan fingerprint density at radius 1 is 0.966 bits per heavy atom. The highest BCUT2D eigenvalue weighted by atomic mass is 127. The predicted octanol–water partition coefficient (Wildman–Crippen LogP) is 6.08. The minimum absolute atomic E-state index is 0.142. The highest BCUT2D eigenvalue weighted by molar-refractivity contribution is 14.1. The Bertz CT molecular complexity index is 1190. The summed E-state index contributed by atoms with van der Waals surface area (Å²) >= 11 is 2.24. The molecule has 0 atom stereocenters. The first-order valence-electron chi connectivity index (χ1n) is 9.17. The van der Waals surface area contributed by atoms with E-state index in [0.29, 0.717) is 5.56 Å². The van der Waals surface area contributed by atoms with Crippen LogP contribution in [0, 0.1) is 10.5 Å². The second-order valence-electron chi connectivity index (χ2n) is 6.67. The van der Waals surface area contributed by atoms with Crippen molar-refractivity contribution < 1.29 is 9.53 Å². The van der Waals surface area contributed by atoms with E-state index < -0.39 is 0 Å². The number of rotatable bonds is 4. The van der Waals surface area contributed by atoms with Gasteiger partial charge >= 0.3 is 0 Å². The number of methoxy groups -OCH3 is 1. The van der Waals surface area contributed by atoms with Crippen LogP contribution in [0.25, 0.3) is 22.2 Å². The number of aromatic nitrogens is 1. The van der Waals surface area contributed by atoms with Crippen LogP contribution in [0.5, 0.6) is 5.75 Å². The van der Waals surface area contributed by atoms with Crippen molar-refractivity contribution in [3.8, 4) is 17.0 Å². The van der Waals surface area contributed by atoms with Crippen molar-refractivity contribution in [2.75, 3.05) is 12.4 Å². The van der Waals surface area contributed by atoms with E-state index in [2.05, 4.69) is 27.9 Å². The van der Waals surface area contributed by atoms with Gasteiger partial charge in [-0.3, -0.25) is 4.79 Å². The summed E-state index contributed by atoms with van der Waals surface area (Å²) in [6.07, 6.45) is 0. The maximum absolute atomic E-state index is 13.3. The largest absolute Gasteiger partial charge is 0.497 e. The van der Waals surface area contributed by atoms with Gasteiger partial charge in [-0.05, 0) is 89.7 Å². The summed E-state index contributed by atoms with van der Waals surface area (Å²) in [5, 5.41) is 3.86.